The Kier molecular flexibility index (Phi) is 4.87. The number of nitrogens with zero attached hydrogens (tertiary/aromatic N) is 3. The van der Waals surface area contributed by atoms with E-state index in [9.17, 15) is 18.3 Å². The van der Waals surface area contributed by atoms with Crippen LogP contribution in [0, 0.1) is 0 Å². The summed E-state index contributed by atoms with van der Waals surface area (Å²) in [5.41, 5.74) is 0. The van der Waals surface area contributed by atoms with Crippen LogP contribution in [0.25, 0.3) is 0 Å². The molecule has 8 heteroatoms. The number of aromatic nitrogens is 2. The third-order valence-electron chi connectivity index (χ3n) is 3.60. The van der Waals surface area contributed by atoms with Crippen molar-refractivity contribution in [3.05, 3.63) is 11.9 Å². The Bertz CT molecular complexity index is 481. The van der Waals surface area contributed by atoms with Crippen LogP contribution >= 0.6 is 0 Å². The summed E-state index contributed by atoms with van der Waals surface area (Å²) in [5.74, 6) is -0.832. The SMILES string of the molecule is CNc1cc(N2CCCCCC2CO)nc(C(F)(F)F)n1. The summed E-state index contributed by atoms with van der Waals surface area (Å²) in [4.78, 5) is 8.87. The van der Waals surface area contributed by atoms with Crippen LogP contribution in [-0.2, 0) is 6.18 Å². The minimum atomic E-state index is -4.60. The van der Waals surface area contributed by atoms with Crippen molar-refractivity contribution >= 4 is 11.6 Å². The highest BCUT2D eigenvalue weighted by molar-refractivity contribution is 5.50. The molecule has 1 aromatic rings. The minimum absolute atomic E-state index is 0.0970. The van der Waals surface area contributed by atoms with Crippen molar-refractivity contribution in [2.75, 3.05) is 30.4 Å². The molecule has 0 spiro atoms. The van der Waals surface area contributed by atoms with Gasteiger partial charge in [0.2, 0.25) is 5.82 Å². The summed E-state index contributed by atoms with van der Waals surface area (Å²) in [5, 5.41) is 12.1. The number of nitrogens with one attached hydrogen (secondary N) is 1. The molecule has 1 saturated heterocycles. The third kappa shape index (κ3) is 3.75. The average molecular weight is 304 g/mol. The van der Waals surface area contributed by atoms with Crippen molar-refractivity contribution in [1.82, 2.24) is 9.97 Å². The van der Waals surface area contributed by atoms with Crippen molar-refractivity contribution < 1.29 is 18.3 Å². The zero-order chi connectivity index (χ0) is 15.5. The van der Waals surface area contributed by atoms with Gasteiger partial charge in [0, 0.05) is 19.7 Å². The van der Waals surface area contributed by atoms with Crippen LogP contribution in [0.15, 0.2) is 6.07 Å². The van der Waals surface area contributed by atoms with Crippen molar-refractivity contribution in [1.29, 1.82) is 0 Å². The molecule has 1 unspecified atom stereocenters. The lowest BCUT2D eigenvalue weighted by molar-refractivity contribution is -0.144. The Balaban J connectivity index is 2.40. The number of alkyl halides is 3. The molecule has 0 amide bonds. The Morgan fingerprint density at radius 2 is 2.10 bits per heavy atom. The van der Waals surface area contributed by atoms with E-state index in [1.165, 1.54) is 13.1 Å². The van der Waals surface area contributed by atoms with E-state index in [2.05, 4.69) is 15.3 Å². The normalized spacial score (nSPS) is 20.2. The van der Waals surface area contributed by atoms with Gasteiger partial charge in [0.05, 0.1) is 12.6 Å². The topological polar surface area (TPSA) is 61.3 Å². The summed E-state index contributed by atoms with van der Waals surface area (Å²) >= 11 is 0. The van der Waals surface area contributed by atoms with Gasteiger partial charge in [-0.25, -0.2) is 9.97 Å². The number of anilines is 2. The molecule has 1 aliphatic rings. The second-order valence-corrected chi connectivity index (χ2v) is 5.06. The molecule has 0 aliphatic carbocycles. The van der Waals surface area contributed by atoms with Crippen LogP contribution in [0.4, 0.5) is 24.8 Å². The molecule has 2 rings (SSSR count). The lowest BCUT2D eigenvalue weighted by atomic mass is 10.1. The fourth-order valence-electron chi connectivity index (χ4n) is 2.51. The monoisotopic (exact) mass is 304 g/mol. The van der Waals surface area contributed by atoms with E-state index >= 15 is 0 Å². The summed E-state index contributed by atoms with van der Waals surface area (Å²) in [7, 11) is 1.51. The fraction of sp³-hybridized carbons (Fsp3) is 0.692. The van der Waals surface area contributed by atoms with E-state index in [1.54, 1.807) is 4.90 Å². The number of aliphatic hydroxyl groups is 1. The number of halogens is 3. The Hall–Kier alpha value is -1.57. The molecule has 0 aromatic carbocycles. The smallest absolute Gasteiger partial charge is 0.394 e. The zero-order valence-electron chi connectivity index (χ0n) is 11.8. The Morgan fingerprint density at radius 3 is 2.71 bits per heavy atom. The van der Waals surface area contributed by atoms with Gasteiger partial charge in [-0.05, 0) is 12.8 Å². The van der Waals surface area contributed by atoms with Crippen LogP contribution in [0.3, 0.4) is 0 Å². The van der Waals surface area contributed by atoms with Gasteiger partial charge in [0.25, 0.3) is 0 Å². The van der Waals surface area contributed by atoms with E-state index in [4.69, 9.17) is 0 Å². The first kappa shape index (κ1) is 15.8. The van der Waals surface area contributed by atoms with Crippen molar-refractivity contribution in [2.24, 2.45) is 0 Å². The van der Waals surface area contributed by atoms with Crippen LogP contribution in [0.1, 0.15) is 31.5 Å². The predicted octanol–water partition coefficient (Wildman–Crippen LogP) is 2.28. The van der Waals surface area contributed by atoms with E-state index < -0.39 is 12.0 Å². The summed E-state index contributed by atoms with van der Waals surface area (Å²) < 4.78 is 38.7. The number of aliphatic hydroxyl groups excluding tert-OH is 1. The Labute approximate surface area is 121 Å². The quantitative estimate of drug-likeness (QED) is 0.897. The molecular weight excluding hydrogens is 285 g/mol. The number of hydrogen-bond donors (Lipinski definition) is 2. The zero-order valence-corrected chi connectivity index (χ0v) is 11.8. The Morgan fingerprint density at radius 1 is 1.33 bits per heavy atom. The highest BCUT2D eigenvalue weighted by Gasteiger charge is 2.36. The second kappa shape index (κ2) is 6.46. The van der Waals surface area contributed by atoms with Crippen LogP contribution < -0.4 is 10.2 Å². The van der Waals surface area contributed by atoms with E-state index in [1.807, 2.05) is 0 Å². The van der Waals surface area contributed by atoms with Crippen molar-refractivity contribution in [2.45, 2.75) is 37.9 Å². The summed E-state index contributed by atoms with van der Waals surface area (Å²) in [6.45, 7) is 0.489. The van der Waals surface area contributed by atoms with E-state index in [-0.39, 0.29) is 24.3 Å². The molecule has 5 nitrogen and oxygen atoms in total. The maximum Gasteiger partial charge on any atom is 0.451 e. The largest absolute Gasteiger partial charge is 0.451 e. The van der Waals surface area contributed by atoms with Crippen LogP contribution in [0.2, 0.25) is 0 Å². The minimum Gasteiger partial charge on any atom is -0.394 e. The molecule has 1 aromatic heterocycles. The lowest BCUT2D eigenvalue weighted by Gasteiger charge is -2.30. The second-order valence-electron chi connectivity index (χ2n) is 5.06. The van der Waals surface area contributed by atoms with Gasteiger partial charge < -0.3 is 15.3 Å². The molecule has 118 valence electrons. The molecule has 0 saturated carbocycles. The van der Waals surface area contributed by atoms with Gasteiger partial charge in [0.15, 0.2) is 0 Å². The van der Waals surface area contributed by atoms with Gasteiger partial charge in [-0.3, -0.25) is 0 Å². The molecule has 1 atom stereocenters. The predicted molar refractivity (Wildman–Crippen MR) is 73.3 cm³/mol. The van der Waals surface area contributed by atoms with Gasteiger partial charge >= 0.3 is 6.18 Å². The first-order chi connectivity index (χ1) is 9.95. The lowest BCUT2D eigenvalue weighted by Crippen LogP contribution is -2.38. The van der Waals surface area contributed by atoms with E-state index in [0.29, 0.717) is 6.54 Å². The fourth-order valence-corrected chi connectivity index (χ4v) is 2.51. The summed E-state index contributed by atoms with van der Waals surface area (Å²) in [6, 6.07) is 1.29. The molecule has 0 radical (unpaired) electrons. The van der Waals surface area contributed by atoms with Crippen LogP contribution in [-0.4, -0.2) is 41.3 Å². The first-order valence-corrected chi connectivity index (χ1v) is 6.97. The molecule has 21 heavy (non-hydrogen) atoms. The molecular formula is C13H19F3N4O. The highest BCUT2D eigenvalue weighted by Crippen LogP contribution is 2.31. The van der Waals surface area contributed by atoms with Crippen LogP contribution in [0.5, 0.6) is 0 Å². The van der Waals surface area contributed by atoms with Gasteiger partial charge in [0.1, 0.15) is 11.6 Å². The van der Waals surface area contributed by atoms with Crippen molar-refractivity contribution in [3.63, 3.8) is 0 Å². The van der Waals surface area contributed by atoms with E-state index in [0.717, 1.165) is 25.7 Å². The molecule has 1 fully saturated rings. The van der Waals surface area contributed by atoms with Gasteiger partial charge in [-0.1, -0.05) is 12.8 Å². The molecule has 2 heterocycles. The maximum absolute atomic E-state index is 12.9. The van der Waals surface area contributed by atoms with Gasteiger partial charge in [-0.2, -0.15) is 13.2 Å². The van der Waals surface area contributed by atoms with Gasteiger partial charge in [-0.15, -0.1) is 0 Å². The molecule has 2 N–H and O–H groups in total. The number of hydrogen-bond acceptors (Lipinski definition) is 5. The third-order valence-corrected chi connectivity index (χ3v) is 3.60. The number of rotatable bonds is 3. The summed E-state index contributed by atoms with van der Waals surface area (Å²) in [6.07, 6.45) is -1.02. The van der Waals surface area contributed by atoms with Crippen molar-refractivity contribution in [3.8, 4) is 0 Å². The maximum atomic E-state index is 12.9. The first-order valence-electron chi connectivity index (χ1n) is 6.97. The molecule has 1 aliphatic heterocycles. The average Bonchev–Trinajstić information content (AvgIpc) is 2.70. The molecule has 0 bridgehead atoms. The standard InChI is InChI=1S/C13H19F3N4O/c1-17-10-7-11(19-12(18-10)13(14,15)16)20-6-4-2-3-5-9(20)8-21/h7,9,21H,2-6,8H2,1H3,(H,17,18,19). The highest BCUT2D eigenvalue weighted by atomic mass is 19.4.